The first-order chi connectivity index (χ1) is 18.4. The molecule has 0 aliphatic carbocycles. The molecule has 2 heterocycles. The van der Waals surface area contributed by atoms with Gasteiger partial charge in [-0.25, -0.2) is 0 Å². The van der Waals surface area contributed by atoms with Gasteiger partial charge in [-0.15, -0.1) is 11.3 Å². The first kappa shape index (κ1) is 27.0. The van der Waals surface area contributed by atoms with Gasteiger partial charge >= 0.3 is 0 Å². The van der Waals surface area contributed by atoms with E-state index in [0.717, 1.165) is 17.0 Å². The number of benzene rings is 2. The van der Waals surface area contributed by atoms with E-state index in [0.29, 0.717) is 33.3 Å². The number of anilines is 2. The third-order valence-corrected chi connectivity index (χ3v) is 8.02. The molecule has 0 radical (unpaired) electrons. The minimum atomic E-state index is -0.567. The largest absolute Gasteiger partial charge is 0.495 e. The molecule has 1 aromatic heterocycles. The van der Waals surface area contributed by atoms with Crippen LogP contribution >= 0.6 is 23.1 Å². The van der Waals surface area contributed by atoms with Crippen molar-refractivity contribution in [1.82, 2.24) is 5.32 Å². The van der Waals surface area contributed by atoms with E-state index in [4.69, 9.17) is 4.74 Å². The second-order valence-corrected chi connectivity index (χ2v) is 10.5. The summed E-state index contributed by atoms with van der Waals surface area (Å²) in [4.78, 5) is 27.1. The first-order valence-corrected chi connectivity index (χ1v) is 13.9. The van der Waals surface area contributed by atoms with E-state index in [1.54, 1.807) is 19.2 Å². The summed E-state index contributed by atoms with van der Waals surface area (Å²) >= 11 is 2.72. The van der Waals surface area contributed by atoms with Crippen LogP contribution in [0.3, 0.4) is 0 Å². The van der Waals surface area contributed by atoms with Crippen molar-refractivity contribution in [3.8, 4) is 11.8 Å². The number of ether oxygens (including phenoxy) is 1. The van der Waals surface area contributed by atoms with Crippen LogP contribution in [-0.2, 0) is 16.0 Å². The molecule has 0 spiro atoms. The number of methoxy groups -OCH3 is 1. The smallest absolute Gasteiger partial charge is 0.254 e. The summed E-state index contributed by atoms with van der Waals surface area (Å²) in [6, 6.07) is 21.0. The zero-order valence-corrected chi connectivity index (χ0v) is 23.0. The molecule has 7 nitrogen and oxygen atoms in total. The highest BCUT2D eigenvalue weighted by Crippen LogP contribution is 2.42. The van der Waals surface area contributed by atoms with Gasteiger partial charge in [0.15, 0.2) is 0 Å². The molecule has 1 aliphatic rings. The average molecular weight is 545 g/mol. The van der Waals surface area contributed by atoms with E-state index < -0.39 is 5.92 Å². The molecule has 2 amide bonds. The highest BCUT2D eigenvalue weighted by molar-refractivity contribution is 8.03. The van der Waals surface area contributed by atoms with Crippen LogP contribution in [0.15, 0.2) is 87.9 Å². The average Bonchev–Trinajstić information content (AvgIpc) is 3.47. The maximum absolute atomic E-state index is 13.6. The van der Waals surface area contributed by atoms with Gasteiger partial charge in [-0.05, 0) is 54.6 Å². The lowest BCUT2D eigenvalue weighted by Gasteiger charge is -2.29. The fourth-order valence-corrected chi connectivity index (χ4v) is 5.90. The monoisotopic (exact) mass is 544 g/mol. The summed E-state index contributed by atoms with van der Waals surface area (Å²) in [5.74, 6) is -0.430. The number of dihydropyridines is 1. The van der Waals surface area contributed by atoms with E-state index in [2.05, 4.69) is 28.9 Å². The molecule has 0 unspecified atom stereocenters. The molecule has 1 atom stereocenters. The molecule has 1 aliphatic heterocycles. The highest BCUT2D eigenvalue weighted by atomic mass is 32.2. The van der Waals surface area contributed by atoms with Gasteiger partial charge in [-0.1, -0.05) is 49.0 Å². The summed E-state index contributed by atoms with van der Waals surface area (Å²) < 4.78 is 5.38. The van der Waals surface area contributed by atoms with Crippen molar-refractivity contribution >= 4 is 46.3 Å². The van der Waals surface area contributed by atoms with Crippen molar-refractivity contribution in [2.24, 2.45) is 0 Å². The standard InChI is InChI=1S/C29H28N4O3S2/c1-4-19-11-13-20(14-12-19)32-25(34)17-38-29-21(16-30)27(24-10-7-15-37-24)26(18(2)31-29)28(35)33-22-8-5-6-9-23(22)36-3/h5-15,27,31H,4,17H2,1-3H3,(H,32,34)(H,33,35)/t27-/m0/s1. The number of carbonyl (C=O) groups is 2. The molecule has 0 bridgehead atoms. The van der Waals surface area contributed by atoms with E-state index >= 15 is 0 Å². The number of hydrogen-bond acceptors (Lipinski definition) is 7. The maximum atomic E-state index is 13.6. The van der Waals surface area contributed by atoms with Crippen molar-refractivity contribution in [3.63, 3.8) is 0 Å². The SMILES string of the molecule is CCc1ccc(NC(=O)CSC2=C(C#N)[C@@H](c3cccs3)C(C(=O)Nc3ccccc3OC)=C(C)N2)cc1. The fourth-order valence-electron chi connectivity index (χ4n) is 4.16. The normalized spacial score (nSPS) is 14.9. The molecule has 3 N–H and O–H groups in total. The molecule has 194 valence electrons. The second kappa shape index (κ2) is 12.5. The van der Waals surface area contributed by atoms with Gasteiger partial charge in [0.05, 0.1) is 41.1 Å². The van der Waals surface area contributed by atoms with Gasteiger partial charge in [-0.3, -0.25) is 9.59 Å². The molecule has 0 saturated carbocycles. The van der Waals surface area contributed by atoms with Gasteiger partial charge in [0.25, 0.3) is 5.91 Å². The highest BCUT2D eigenvalue weighted by Gasteiger charge is 2.35. The number of thiophene rings is 1. The number of amides is 2. The van der Waals surface area contributed by atoms with Gasteiger partial charge in [-0.2, -0.15) is 5.26 Å². The minimum Gasteiger partial charge on any atom is -0.495 e. The van der Waals surface area contributed by atoms with Crippen LogP contribution in [0.5, 0.6) is 5.75 Å². The Morgan fingerprint density at radius 2 is 1.87 bits per heavy atom. The van der Waals surface area contributed by atoms with Crippen LogP contribution in [0.4, 0.5) is 11.4 Å². The summed E-state index contributed by atoms with van der Waals surface area (Å²) in [6.45, 7) is 3.89. The molecule has 0 fully saturated rings. The lowest BCUT2D eigenvalue weighted by atomic mass is 9.86. The quantitative estimate of drug-likeness (QED) is 0.304. The Morgan fingerprint density at radius 3 is 2.53 bits per heavy atom. The van der Waals surface area contributed by atoms with Crippen molar-refractivity contribution in [2.75, 3.05) is 23.5 Å². The number of para-hydroxylation sites is 2. The third kappa shape index (κ3) is 6.10. The Kier molecular flexibility index (Phi) is 8.89. The van der Waals surface area contributed by atoms with Crippen LogP contribution in [0.2, 0.25) is 0 Å². The van der Waals surface area contributed by atoms with Crippen molar-refractivity contribution in [2.45, 2.75) is 26.2 Å². The van der Waals surface area contributed by atoms with Crippen LogP contribution in [-0.4, -0.2) is 24.7 Å². The topological polar surface area (TPSA) is 103 Å². The Balaban J connectivity index is 1.57. The number of rotatable bonds is 9. The molecule has 3 aromatic rings. The van der Waals surface area contributed by atoms with E-state index in [9.17, 15) is 14.9 Å². The summed E-state index contributed by atoms with van der Waals surface area (Å²) in [5, 5.41) is 21.8. The van der Waals surface area contributed by atoms with E-state index in [1.165, 1.54) is 28.7 Å². The number of nitrogens with one attached hydrogen (secondary N) is 3. The van der Waals surface area contributed by atoms with Crippen molar-refractivity contribution < 1.29 is 14.3 Å². The predicted molar refractivity (Wildman–Crippen MR) is 154 cm³/mol. The van der Waals surface area contributed by atoms with Crippen LogP contribution in [0.1, 0.15) is 30.2 Å². The maximum Gasteiger partial charge on any atom is 0.254 e. The van der Waals surface area contributed by atoms with Gasteiger partial charge < -0.3 is 20.7 Å². The molecule has 2 aromatic carbocycles. The summed E-state index contributed by atoms with van der Waals surface area (Å²) in [6.07, 6.45) is 0.929. The molecular weight excluding hydrogens is 516 g/mol. The van der Waals surface area contributed by atoms with Gasteiger partial charge in [0.2, 0.25) is 5.91 Å². The molecule has 9 heteroatoms. The summed E-state index contributed by atoms with van der Waals surface area (Å²) in [5.41, 5.74) is 3.92. The number of aryl methyl sites for hydroxylation is 1. The summed E-state index contributed by atoms with van der Waals surface area (Å²) in [7, 11) is 1.54. The zero-order valence-electron chi connectivity index (χ0n) is 21.3. The number of allylic oxidation sites excluding steroid dienone is 2. The zero-order chi connectivity index (χ0) is 27.1. The fraction of sp³-hybridized carbons (Fsp3) is 0.207. The number of carbonyl (C=O) groups excluding carboxylic acids is 2. The van der Waals surface area contributed by atoms with Crippen LogP contribution in [0.25, 0.3) is 0 Å². The lowest BCUT2D eigenvalue weighted by Crippen LogP contribution is -2.31. The Hall–Kier alpha value is -4.00. The Morgan fingerprint density at radius 1 is 1.11 bits per heavy atom. The molecule has 38 heavy (non-hydrogen) atoms. The van der Waals surface area contributed by atoms with Crippen molar-refractivity contribution in [1.29, 1.82) is 5.26 Å². The minimum absolute atomic E-state index is 0.107. The number of nitrogens with zero attached hydrogens (tertiary/aromatic N) is 1. The molecular formula is C29H28N4O3S2. The Labute approximate surface area is 230 Å². The van der Waals surface area contributed by atoms with E-state index in [-0.39, 0.29) is 17.6 Å². The lowest BCUT2D eigenvalue weighted by molar-refractivity contribution is -0.114. The molecule has 0 saturated heterocycles. The van der Waals surface area contributed by atoms with Crippen LogP contribution < -0.4 is 20.7 Å². The number of thioether (sulfide) groups is 1. The number of nitriles is 1. The van der Waals surface area contributed by atoms with Crippen molar-refractivity contribution in [3.05, 3.63) is 98.4 Å². The molecule has 4 rings (SSSR count). The second-order valence-electron chi connectivity index (χ2n) is 8.51. The number of hydrogen-bond donors (Lipinski definition) is 3. The third-order valence-electron chi connectivity index (χ3n) is 6.07. The van der Waals surface area contributed by atoms with Crippen LogP contribution in [0, 0.1) is 11.3 Å². The predicted octanol–water partition coefficient (Wildman–Crippen LogP) is 6.03. The Bertz CT molecular complexity index is 1420. The van der Waals surface area contributed by atoms with Gasteiger partial charge in [0, 0.05) is 21.8 Å². The van der Waals surface area contributed by atoms with E-state index in [1.807, 2.05) is 60.8 Å². The first-order valence-electron chi connectivity index (χ1n) is 12.1. The van der Waals surface area contributed by atoms with Gasteiger partial charge in [0.1, 0.15) is 5.75 Å².